The van der Waals surface area contributed by atoms with Crippen molar-refractivity contribution in [2.45, 2.75) is 31.7 Å². The van der Waals surface area contributed by atoms with Gasteiger partial charge in [0.25, 0.3) is 0 Å². The van der Waals surface area contributed by atoms with Gasteiger partial charge in [-0.2, -0.15) is 0 Å². The zero-order chi connectivity index (χ0) is 18.7. The Morgan fingerprint density at radius 1 is 1.21 bits per heavy atom. The number of guanidine groups is 1. The van der Waals surface area contributed by atoms with Crippen LogP contribution in [-0.2, 0) is 4.74 Å². The van der Waals surface area contributed by atoms with Crippen LogP contribution < -0.4 is 5.32 Å². The number of hydrogen-bond acceptors (Lipinski definition) is 3. The summed E-state index contributed by atoms with van der Waals surface area (Å²) in [5.74, 6) is 1.03. The Morgan fingerprint density at radius 2 is 1.96 bits per heavy atom. The molecule has 0 aromatic heterocycles. The van der Waals surface area contributed by atoms with Gasteiger partial charge >= 0.3 is 0 Å². The quantitative estimate of drug-likeness (QED) is 0.374. The molecule has 0 bridgehead atoms. The molecule has 28 heavy (non-hydrogen) atoms. The first-order chi connectivity index (χ1) is 13.2. The Bertz CT molecular complexity index is 676. The zero-order valence-corrected chi connectivity index (χ0v) is 19.8. The van der Waals surface area contributed by atoms with Crippen molar-refractivity contribution in [2.24, 2.45) is 10.4 Å². The first-order valence-corrected chi connectivity index (χ1v) is 10.6. The molecule has 1 aromatic rings. The van der Waals surface area contributed by atoms with Crippen LogP contribution in [0.4, 0.5) is 0 Å². The Balaban J connectivity index is 0.00000225. The summed E-state index contributed by atoms with van der Waals surface area (Å²) in [6.45, 7) is 6.51. The van der Waals surface area contributed by atoms with Gasteiger partial charge in [0.2, 0.25) is 0 Å². The summed E-state index contributed by atoms with van der Waals surface area (Å²) in [4.78, 5) is 9.50. The SMILES string of the molecule is CN=C(NCC(c1ccccc1Cl)N1CCOCC1)N1CCC2(CCC2)C1.I. The molecule has 0 amide bonds. The molecule has 1 spiro atoms. The van der Waals surface area contributed by atoms with E-state index in [-0.39, 0.29) is 30.0 Å². The monoisotopic (exact) mass is 518 g/mol. The predicted octanol–water partition coefficient (Wildman–Crippen LogP) is 3.78. The number of morpholine rings is 1. The number of nitrogens with zero attached hydrogens (tertiary/aromatic N) is 3. The molecule has 2 saturated heterocycles. The summed E-state index contributed by atoms with van der Waals surface area (Å²) in [5.41, 5.74) is 1.75. The van der Waals surface area contributed by atoms with E-state index in [2.05, 4.69) is 32.2 Å². The van der Waals surface area contributed by atoms with Gasteiger partial charge < -0.3 is 15.0 Å². The van der Waals surface area contributed by atoms with Gasteiger partial charge in [-0.25, -0.2) is 0 Å². The van der Waals surface area contributed by atoms with Gasteiger partial charge in [0.05, 0.1) is 19.3 Å². The van der Waals surface area contributed by atoms with Crippen LogP contribution in [0.25, 0.3) is 0 Å². The van der Waals surface area contributed by atoms with Crippen molar-refractivity contribution in [1.29, 1.82) is 0 Å². The van der Waals surface area contributed by atoms with Crippen molar-refractivity contribution in [3.05, 3.63) is 34.9 Å². The third-order valence-corrected chi connectivity index (χ3v) is 6.91. The molecule has 156 valence electrons. The smallest absolute Gasteiger partial charge is 0.193 e. The van der Waals surface area contributed by atoms with Crippen molar-refractivity contribution in [1.82, 2.24) is 15.1 Å². The van der Waals surface area contributed by atoms with Crippen molar-refractivity contribution >= 4 is 41.5 Å². The van der Waals surface area contributed by atoms with Gasteiger partial charge in [-0.3, -0.25) is 9.89 Å². The number of nitrogens with one attached hydrogen (secondary N) is 1. The lowest BCUT2D eigenvalue weighted by Crippen LogP contribution is -2.47. The molecule has 7 heteroatoms. The van der Waals surface area contributed by atoms with Crippen molar-refractivity contribution in [3.8, 4) is 0 Å². The molecule has 2 heterocycles. The van der Waals surface area contributed by atoms with Crippen LogP contribution in [0.5, 0.6) is 0 Å². The minimum absolute atomic E-state index is 0. The Hall–Kier alpha value is -0.570. The second-order valence-corrected chi connectivity index (χ2v) is 8.55. The summed E-state index contributed by atoms with van der Waals surface area (Å²) in [5, 5.41) is 4.49. The van der Waals surface area contributed by atoms with Crippen LogP contribution >= 0.6 is 35.6 Å². The highest BCUT2D eigenvalue weighted by Crippen LogP contribution is 2.47. The van der Waals surface area contributed by atoms with E-state index in [0.717, 1.165) is 56.9 Å². The van der Waals surface area contributed by atoms with Crippen LogP contribution in [0.2, 0.25) is 5.02 Å². The van der Waals surface area contributed by atoms with E-state index in [9.17, 15) is 0 Å². The molecular formula is C21H32ClIN4O. The van der Waals surface area contributed by atoms with E-state index in [1.54, 1.807) is 0 Å². The number of likely N-dealkylation sites (tertiary alicyclic amines) is 1. The lowest BCUT2D eigenvalue weighted by molar-refractivity contribution is 0.0169. The van der Waals surface area contributed by atoms with Crippen LogP contribution in [0.3, 0.4) is 0 Å². The predicted molar refractivity (Wildman–Crippen MR) is 126 cm³/mol. The third kappa shape index (κ3) is 4.77. The van der Waals surface area contributed by atoms with E-state index in [1.165, 1.54) is 31.2 Å². The molecule has 3 aliphatic rings. The summed E-state index contributed by atoms with van der Waals surface area (Å²) < 4.78 is 5.56. The maximum Gasteiger partial charge on any atom is 0.193 e. The molecular weight excluding hydrogens is 487 g/mol. The number of benzene rings is 1. The minimum Gasteiger partial charge on any atom is -0.379 e. The standard InChI is InChI=1S/C21H31ClN4O.HI/c1-23-20(26-10-9-21(16-26)7-4-8-21)24-15-19(25-11-13-27-14-12-25)17-5-2-3-6-18(17)22;/h2-3,5-6,19H,4,7-16H2,1H3,(H,23,24);1H. The van der Waals surface area contributed by atoms with Crippen molar-refractivity contribution in [3.63, 3.8) is 0 Å². The first-order valence-electron chi connectivity index (χ1n) is 10.2. The summed E-state index contributed by atoms with van der Waals surface area (Å²) >= 11 is 6.55. The first kappa shape index (κ1) is 22.1. The molecule has 1 N–H and O–H groups in total. The van der Waals surface area contributed by atoms with E-state index in [4.69, 9.17) is 16.3 Å². The molecule has 4 rings (SSSR count). The highest BCUT2D eigenvalue weighted by atomic mass is 127. The maximum atomic E-state index is 6.55. The average Bonchev–Trinajstić information content (AvgIpc) is 3.13. The minimum atomic E-state index is 0. The number of hydrogen-bond donors (Lipinski definition) is 1. The van der Waals surface area contributed by atoms with Gasteiger partial charge in [0.1, 0.15) is 0 Å². The fourth-order valence-electron chi connectivity index (χ4n) is 4.79. The average molecular weight is 519 g/mol. The van der Waals surface area contributed by atoms with Crippen LogP contribution in [-0.4, -0.2) is 68.7 Å². The zero-order valence-electron chi connectivity index (χ0n) is 16.7. The maximum absolute atomic E-state index is 6.55. The van der Waals surface area contributed by atoms with E-state index in [0.29, 0.717) is 5.41 Å². The Morgan fingerprint density at radius 3 is 2.57 bits per heavy atom. The Kier molecular flexibility index (Phi) is 7.87. The lowest BCUT2D eigenvalue weighted by Gasteiger charge is -2.38. The molecule has 1 unspecified atom stereocenters. The lowest BCUT2D eigenvalue weighted by atomic mass is 9.68. The largest absolute Gasteiger partial charge is 0.379 e. The molecule has 1 atom stereocenters. The van der Waals surface area contributed by atoms with Crippen molar-refractivity contribution < 1.29 is 4.74 Å². The molecule has 5 nitrogen and oxygen atoms in total. The van der Waals surface area contributed by atoms with Gasteiger partial charge in [0.15, 0.2) is 5.96 Å². The van der Waals surface area contributed by atoms with E-state index < -0.39 is 0 Å². The number of aliphatic imine (C=N–C) groups is 1. The Labute approximate surface area is 190 Å². The topological polar surface area (TPSA) is 40.1 Å². The fourth-order valence-corrected chi connectivity index (χ4v) is 5.05. The van der Waals surface area contributed by atoms with Crippen molar-refractivity contribution in [2.75, 3.05) is 53.0 Å². The van der Waals surface area contributed by atoms with E-state index in [1.807, 2.05) is 19.2 Å². The van der Waals surface area contributed by atoms with Gasteiger partial charge in [-0.15, -0.1) is 24.0 Å². The van der Waals surface area contributed by atoms with Gasteiger partial charge in [-0.05, 0) is 36.3 Å². The molecule has 1 aliphatic carbocycles. The molecule has 3 fully saturated rings. The van der Waals surface area contributed by atoms with Gasteiger partial charge in [-0.1, -0.05) is 36.2 Å². The summed E-state index contributed by atoms with van der Waals surface area (Å²) in [7, 11) is 1.90. The molecule has 2 aliphatic heterocycles. The van der Waals surface area contributed by atoms with Crippen LogP contribution in [0, 0.1) is 5.41 Å². The van der Waals surface area contributed by atoms with E-state index >= 15 is 0 Å². The van der Waals surface area contributed by atoms with Crippen LogP contribution in [0.1, 0.15) is 37.3 Å². The molecule has 1 saturated carbocycles. The highest BCUT2D eigenvalue weighted by Gasteiger charge is 2.43. The fraction of sp³-hybridized carbons (Fsp3) is 0.667. The second kappa shape index (κ2) is 9.96. The summed E-state index contributed by atoms with van der Waals surface area (Å²) in [6, 6.07) is 8.42. The van der Waals surface area contributed by atoms with Gasteiger partial charge in [0, 0.05) is 44.8 Å². The number of halogens is 2. The third-order valence-electron chi connectivity index (χ3n) is 6.57. The second-order valence-electron chi connectivity index (χ2n) is 8.14. The number of rotatable bonds is 4. The molecule has 1 aromatic carbocycles. The summed E-state index contributed by atoms with van der Waals surface area (Å²) in [6.07, 6.45) is 5.48. The normalized spacial score (nSPS) is 23.2. The molecule has 0 radical (unpaired) electrons. The van der Waals surface area contributed by atoms with Crippen LogP contribution in [0.15, 0.2) is 29.3 Å². The number of ether oxygens (including phenoxy) is 1. The highest BCUT2D eigenvalue weighted by molar-refractivity contribution is 14.0.